The second-order valence-electron chi connectivity index (χ2n) is 5.41. The number of anilines is 2. The number of nitrogens with one attached hydrogen (secondary N) is 2. The van der Waals surface area contributed by atoms with E-state index in [1.807, 2.05) is 36.6 Å². The molecule has 1 unspecified atom stereocenters. The van der Waals surface area contributed by atoms with Crippen LogP contribution in [-0.2, 0) is 16.0 Å². The van der Waals surface area contributed by atoms with E-state index in [0.29, 0.717) is 30.6 Å². The van der Waals surface area contributed by atoms with Gasteiger partial charge < -0.3 is 16.4 Å². The third-order valence-corrected chi connectivity index (χ3v) is 4.09. The van der Waals surface area contributed by atoms with Gasteiger partial charge in [0.25, 0.3) is 0 Å². The lowest BCUT2D eigenvalue weighted by molar-refractivity contribution is -0.117. The van der Waals surface area contributed by atoms with Crippen molar-refractivity contribution in [3.63, 3.8) is 0 Å². The monoisotopic (exact) mass is 367 g/mol. The van der Waals surface area contributed by atoms with Crippen LogP contribution >= 0.6 is 23.7 Å². The molecule has 4 N–H and O–H groups in total. The summed E-state index contributed by atoms with van der Waals surface area (Å²) in [6.45, 7) is 1.87. The Morgan fingerprint density at radius 3 is 2.25 bits per heavy atom. The summed E-state index contributed by atoms with van der Waals surface area (Å²) in [5.74, 6) is -0.216. The van der Waals surface area contributed by atoms with E-state index in [4.69, 9.17) is 5.73 Å². The van der Waals surface area contributed by atoms with Gasteiger partial charge in [0, 0.05) is 17.3 Å². The number of hydrogen-bond donors (Lipinski definition) is 3. The molecule has 24 heavy (non-hydrogen) atoms. The third kappa shape index (κ3) is 6.70. The standard InChI is InChI=1S/C17H21N3O2S.ClH/c1-12(18)8-9-16(21)19-14-6-2-3-7-15(14)20-17(22)11-13-5-4-10-23-13;/h2-7,10,12H,8-9,11,18H2,1H3,(H,19,21)(H,20,22);1H. The summed E-state index contributed by atoms with van der Waals surface area (Å²) in [5.41, 5.74) is 6.86. The first kappa shape index (κ1) is 20.2. The van der Waals surface area contributed by atoms with E-state index in [9.17, 15) is 9.59 Å². The Hall–Kier alpha value is -1.89. The molecule has 2 amide bonds. The highest BCUT2D eigenvalue weighted by molar-refractivity contribution is 7.10. The highest BCUT2D eigenvalue weighted by Crippen LogP contribution is 2.22. The predicted octanol–water partition coefficient (Wildman–Crippen LogP) is 3.42. The van der Waals surface area contributed by atoms with Crippen LogP contribution in [0.3, 0.4) is 0 Å². The summed E-state index contributed by atoms with van der Waals surface area (Å²) >= 11 is 1.54. The van der Waals surface area contributed by atoms with E-state index in [-0.39, 0.29) is 30.3 Å². The van der Waals surface area contributed by atoms with Gasteiger partial charge in [-0.15, -0.1) is 23.7 Å². The van der Waals surface area contributed by atoms with Crippen LogP contribution in [-0.4, -0.2) is 17.9 Å². The van der Waals surface area contributed by atoms with Gasteiger partial charge in [-0.1, -0.05) is 18.2 Å². The van der Waals surface area contributed by atoms with Crippen LogP contribution in [0.25, 0.3) is 0 Å². The molecule has 0 aliphatic carbocycles. The van der Waals surface area contributed by atoms with E-state index in [0.717, 1.165) is 4.88 Å². The van der Waals surface area contributed by atoms with Crippen molar-refractivity contribution in [2.45, 2.75) is 32.2 Å². The number of thiophene rings is 1. The maximum atomic E-state index is 12.1. The van der Waals surface area contributed by atoms with Crippen molar-refractivity contribution in [1.82, 2.24) is 0 Å². The Morgan fingerprint density at radius 2 is 1.71 bits per heavy atom. The van der Waals surface area contributed by atoms with E-state index in [1.54, 1.807) is 23.5 Å². The number of para-hydroxylation sites is 2. The Labute approximate surface area is 152 Å². The Bertz CT molecular complexity index is 660. The Kier molecular flexibility index (Phi) is 8.46. The van der Waals surface area contributed by atoms with Gasteiger partial charge in [0.2, 0.25) is 11.8 Å². The van der Waals surface area contributed by atoms with Crippen molar-refractivity contribution >= 4 is 46.9 Å². The first-order chi connectivity index (χ1) is 11.0. The van der Waals surface area contributed by atoms with Crippen LogP contribution < -0.4 is 16.4 Å². The predicted molar refractivity (Wildman–Crippen MR) is 102 cm³/mol. The van der Waals surface area contributed by atoms with Gasteiger partial charge in [-0.2, -0.15) is 0 Å². The molecule has 1 heterocycles. The fraction of sp³-hybridized carbons (Fsp3) is 0.294. The summed E-state index contributed by atoms with van der Waals surface area (Å²) in [6.07, 6.45) is 1.30. The van der Waals surface area contributed by atoms with Crippen molar-refractivity contribution in [2.24, 2.45) is 5.73 Å². The number of hydrogen-bond acceptors (Lipinski definition) is 4. The van der Waals surface area contributed by atoms with E-state index in [1.165, 1.54) is 0 Å². The first-order valence-corrected chi connectivity index (χ1v) is 8.39. The minimum absolute atomic E-state index is 0. The zero-order chi connectivity index (χ0) is 16.7. The molecule has 0 saturated heterocycles. The molecule has 0 bridgehead atoms. The van der Waals surface area contributed by atoms with Crippen molar-refractivity contribution in [2.75, 3.05) is 10.6 Å². The van der Waals surface area contributed by atoms with Crippen LogP contribution in [0, 0.1) is 0 Å². The van der Waals surface area contributed by atoms with Crippen molar-refractivity contribution in [3.8, 4) is 0 Å². The molecule has 0 saturated carbocycles. The van der Waals surface area contributed by atoms with Crippen LogP contribution in [0.15, 0.2) is 41.8 Å². The lowest BCUT2D eigenvalue weighted by Gasteiger charge is -2.12. The average Bonchev–Trinajstić information content (AvgIpc) is 3.00. The maximum Gasteiger partial charge on any atom is 0.229 e. The first-order valence-electron chi connectivity index (χ1n) is 7.51. The minimum Gasteiger partial charge on any atom is -0.328 e. The van der Waals surface area contributed by atoms with E-state index >= 15 is 0 Å². The number of benzene rings is 1. The SMILES string of the molecule is CC(N)CCC(=O)Nc1ccccc1NC(=O)Cc1cccs1.Cl. The minimum atomic E-state index is -0.109. The number of carbonyl (C=O) groups is 2. The van der Waals surface area contributed by atoms with Gasteiger partial charge in [0.15, 0.2) is 0 Å². The Morgan fingerprint density at radius 1 is 1.08 bits per heavy atom. The van der Waals surface area contributed by atoms with Crippen molar-refractivity contribution in [1.29, 1.82) is 0 Å². The molecule has 0 fully saturated rings. The summed E-state index contributed by atoms with van der Waals surface area (Å²) in [5, 5.41) is 7.61. The molecule has 0 spiro atoms. The molecule has 0 aliphatic rings. The molecule has 7 heteroatoms. The van der Waals surface area contributed by atoms with Crippen LogP contribution in [0.1, 0.15) is 24.6 Å². The molecule has 1 aromatic carbocycles. The van der Waals surface area contributed by atoms with Gasteiger partial charge in [-0.25, -0.2) is 0 Å². The van der Waals surface area contributed by atoms with Gasteiger partial charge in [-0.3, -0.25) is 9.59 Å². The highest BCUT2D eigenvalue weighted by atomic mass is 35.5. The van der Waals surface area contributed by atoms with Gasteiger partial charge >= 0.3 is 0 Å². The van der Waals surface area contributed by atoms with E-state index in [2.05, 4.69) is 10.6 Å². The topological polar surface area (TPSA) is 84.2 Å². The molecular weight excluding hydrogens is 346 g/mol. The number of amides is 2. The largest absolute Gasteiger partial charge is 0.328 e. The molecule has 1 atom stereocenters. The third-order valence-electron chi connectivity index (χ3n) is 3.22. The number of halogens is 1. The maximum absolute atomic E-state index is 12.1. The van der Waals surface area contributed by atoms with Gasteiger partial charge in [-0.05, 0) is 36.9 Å². The highest BCUT2D eigenvalue weighted by Gasteiger charge is 2.10. The zero-order valence-electron chi connectivity index (χ0n) is 13.5. The molecule has 2 aromatic rings. The van der Waals surface area contributed by atoms with E-state index < -0.39 is 0 Å². The van der Waals surface area contributed by atoms with Gasteiger partial charge in [0.05, 0.1) is 17.8 Å². The molecule has 130 valence electrons. The van der Waals surface area contributed by atoms with Crippen LogP contribution in [0.5, 0.6) is 0 Å². The molecule has 2 rings (SSSR count). The molecule has 0 aliphatic heterocycles. The quantitative estimate of drug-likeness (QED) is 0.701. The number of rotatable bonds is 7. The molecule has 1 aromatic heterocycles. The molecule has 0 radical (unpaired) electrons. The Balaban J connectivity index is 0.00000288. The smallest absolute Gasteiger partial charge is 0.229 e. The second-order valence-corrected chi connectivity index (χ2v) is 6.45. The fourth-order valence-corrected chi connectivity index (χ4v) is 2.74. The van der Waals surface area contributed by atoms with Crippen LogP contribution in [0.4, 0.5) is 11.4 Å². The zero-order valence-corrected chi connectivity index (χ0v) is 15.1. The lowest BCUT2D eigenvalue weighted by Crippen LogP contribution is -2.20. The summed E-state index contributed by atoms with van der Waals surface area (Å²) in [6, 6.07) is 11.0. The number of nitrogens with two attached hydrogens (primary N) is 1. The second kappa shape index (κ2) is 10.1. The number of carbonyl (C=O) groups excluding carboxylic acids is 2. The normalized spacial score (nSPS) is 11.2. The van der Waals surface area contributed by atoms with Gasteiger partial charge in [0.1, 0.15) is 0 Å². The summed E-state index contributed by atoms with van der Waals surface area (Å²) in [4.78, 5) is 25.0. The summed E-state index contributed by atoms with van der Waals surface area (Å²) in [7, 11) is 0. The van der Waals surface area contributed by atoms with Crippen molar-refractivity contribution in [3.05, 3.63) is 46.7 Å². The average molecular weight is 368 g/mol. The lowest BCUT2D eigenvalue weighted by atomic mass is 10.2. The van der Waals surface area contributed by atoms with Crippen molar-refractivity contribution < 1.29 is 9.59 Å². The van der Waals surface area contributed by atoms with Crippen LogP contribution in [0.2, 0.25) is 0 Å². The molecule has 5 nitrogen and oxygen atoms in total. The fourth-order valence-electron chi connectivity index (χ4n) is 2.04. The summed E-state index contributed by atoms with van der Waals surface area (Å²) < 4.78 is 0. The molecular formula is C17H22ClN3O2S.